The number of ether oxygens (including phenoxy) is 2. The molecule has 1 saturated carbocycles. The Balaban J connectivity index is 1.34. The molecule has 0 spiro atoms. The molecule has 0 radical (unpaired) electrons. The van der Waals surface area contributed by atoms with Gasteiger partial charge in [-0.2, -0.15) is 5.26 Å². The monoisotopic (exact) mass is 533 g/mol. The number of carbonyl (C=O) groups is 3. The van der Waals surface area contributed by atoms with Crippen LogP contribution in [0, 0.1) is 11.3 Å². The zero-order chi connectivity index (χ0) is 27.5. The number of pyridine rings is 2. The molecule has 0 unspecified atom stereocenters. The lowest BCUT2D eigenvalue weighted by atomic mass is 9.88. The predicted octanol–water partition coefficient (Wildman–Crippen LogP) is 2.48. The highest BCUT2D eigenvalue weighted by Gasteiger charge is 2.33. The predicted molar refractivity (Wildman–Crippen MR) is 142 cm³/mol. The summed E-state index contributed by atoms with van der Waals surface area (Å²) in [4.78, 5) is 49.7. The molecule has 3 atom stereocenters. The summed E-state index contributed by atoms with van der Waals surface area (Å²) >= 11 is 0. The average Bonchev–Trinajstić information content (AvgIpc) is 3.29. The number of aryl methyl sites for hydroxylation is 1. The van der Waals surface area contributed by atoms with E-state index in [1.54, 1.807) is 18.1 Å². The lowest BCUT2D eigenvalue weighted by Gasteiger charge is -2.36. The van der Waals surface area contributed by atoms with Crippen molar-refractivity contribution in [2.75, 3.05) is 42.8 Å². The standard InChI is InChI=1S/C27H31N7O5/c1-38-22-6-5-19(22)30-20-11-24(29-13-18(20)12-28)32-27(37)34-8-3-4-16-10-17(21(15-35)31-25(16)34)14-33-9-7-23(39-2)26(33)36/h10-11,13,15,19,22-23H,3-9,14H2,1-2H3,(H2,29,30,32,37)/t19-,22+,23-/m0/s1. The van der Waals surface area contributed by atoms with E-state index in [4.69, 9.17) is 9.47 Å². The quantitative estimate of drug-likeness (QED) is 0.488. The zero-order valence-electron chi connectivity index (χ0n) is 22.0. The van der Waals surface area contributed by atoms with Gasteiger partial charge >= 0.3 is 6.03 Å². The maximum atomic E-state index is 13.3. The van der Waals surface area contributed by atoms with Gasteiger partial charge in [-0.1, -0.05) is 0 Å². The topological polar surface area (TPSA) is 150 Å². The normalized spacial score (nSPS) is 22.1. The summed E-state index contributed by atoms with van der Waals surface area (Å²) in [7, 11) is 3.17. The molecule has 4 heterocycles. The van der Waals surface area contributed by atoms with Gasteiger partial charge in [-0.05, 0) is 37.3 Å². The van der Waals surface area contributed by atoms with Crippen molar-refractivity contribution in [2.24, 2.45) is 0 Å². The van der Waals surface area contributed by atoms with Crippen LogP contribution in [0.4, 0.5) is 22.1 Å². The van der Waals surface area contributed by atoms with E-state index in [1.807, 2.05) is 6.07 Å². The van der Waals surface area contributed by atoms with Crippen molar-refractivity contribution < 1.29 is 23.9 Å². The Bertz CT molecular complexity index is 1320. The number of likely N-dealkylation sites (tertiary alicyclic amines) is 1. The van der Waals surface area contributed by atoms with E-state index in [-0.39, 0.29) is 36.1 Å². The van der Waals surface area contributed by atoms with Gasteiger partial charge in [0.2, 0.25) is 0 Å². The van der Waals surface area contributed by atoms with Crippen LogP contribution in [0.1, 0.15) is 52.9 Å². The second kappa shape index (κ2) is 11.3. The van der Waals surface area contributed by atoms with Crippen LogP contribution in [0.2, 0.25) is 0 Å². The van der Waals surface area contributed by atoms with Gasteiger partial charge in [0, 0.05) is 58.1 Å². The lowest BCUT2D eigenvalue weighted by molar-refractivity contribution is -0.136. The molecule has 2 N–H and O–H groups in total. The first-order valence-electron chi connectivity index (χ1n) is 13.0. The minimum atomic E-state index is -0.462. The summed E-state index contributed by atoms with van der Waals surface area (Å²) in [5.74, 6) is 0.595. The molecule has 0 aromatic carbocycles. The number of nitrogens with zero attached hydrogens (tertiary/aromatic N) is 5. The number of urea groups is 1. The highest BCUT2D eigenvalue weighted by atomic mass is 16.5. The maximum Gasteiger partial charge on any atom is 0.328 e. The van der Waals surface area contributed by atoms with E-state index in [0.29, 0.717) is 61.3 Å². The Labute approximate surface area is 226 Å². The molecule has 2 fully saturated rings. The Morgan fingerprint density at radius 3 is 2.74 bits per heavy atom. The molecular formula is C27H31N7O5. The highest BCUT2D eigenvalue weighted by Crippen LogP contribution is 2.31. The highest BCUT2D eigenvalue weighted by molar-refractivity contribution is 6.02. The average molecular weight is 534 g/mol. The van der Waals surface area contributed by atoms with E-state index in [1.165, 1.54) is 18.2 Å². The van der Waals surface area contributed by atoms with Crippen molar-refractivity contribution in [3.05, 3.63) is 40.7 Å². The van der Waals surface area contributed by atoms with Crippen LogP contribution in [-0.2, 0) is 27.2 Å². The molecule has 5 rings (SSSR count). The number of rotatable bonds is 8. The molecule has 2 aromatic rings. The van der Waals surface area contributed by atoms with Gasteiger partial charge in [-0.25, -0.2) is 14.8 Å². The smallest absolute Gasteiger partial charge is 0.328 e. The van der Waals surface area contributed by atoms with Gasteiger partial charge in [-0.3, -0.25) is 19.8 Å². The third-order valence-electron chi connectivity index (χ3n) is 7.64. The molecule has 3 amide bonds. The molecule has 12 heteroatoms. The number of nitrogens with one attached hydrogen (secondary N) is 2. The number of methoxy groups -OCH3 is 2. The van der Waals surface area contributed by atoms with Crippen molar-refractivity contribution in [3.8, 4) is 6.07 Å². The van der Waals surface area contributed by atoms with Crippen molar-refractivity contribution in [1.82, 2.24) is 14.9 Å². The second-order valence-electron chi connectivity index (χ2n) is 9.92. The third-order valence-corrected chi connectivity index (χ3v) is 7.64. The molecular weight excluding hydrogens is 502 g/mol. The molecule has 39 heavy (non-hydrogen) atoms. The van der Waals surface area contributed by atoms with Gasteiger partial charge < -0.3 is 19.7 Å². The summed E-state index contributed by atoms with van der Waals surface area (Å²) in [5.41, 5.74) is 2.62. The SMILES string of the molecule is CO[C@H]1CCN(Cc2cc3c(nc2C=O)N(C(=O)Nc2cc(N[C@H]4CC[C@H]4OC)c(C#N)cn2)CCC3)C1=O. The first-order chi connectivity index (χ1) is 18.9. The fraction of sp³-hybridized carbons (Fsp3) is 0.481. The molecule has 0 bridgehead atoms. The number of aromatic nitrogens is 2. The van der Waals surface area contributed by atoms with E-state index in [0.717, 1.165) is 18.4 Å². The van der Waals surface area contributed by atoms with Crippen LogP contribution in [0.25, 0.3) is 0 Å². The van der Waals surface area contributed by atoms with E-state index in [2.05, 4.69) is 26.7 Å². The van der Waals surface area contributed by atoms with Crippen molar-refractivity contribution in [2.45, 2.75) is 56.9 Å². The minimum absolute atomic E-state index is 0.0700. The number of hydrogen-bond acceptors (Lipinski definition) is 9. The first kappa shape index (κ1) is 26.5. The van der Waals surface area contributed by atoms with Crippen molar-refractivity contribution in [1.29, 1.82) is 5.26 Å². The van der Waals surface area contributed by atoms with Crippen LogP contribution >= 0.6 is 0 Å². The molecule has 1 saturated heterocycles. The van der Waals surface area contributed by atoms with E-state index in [9.17, 15) is 19.6 Å². The minimum Gasteiger partial charge on any atom is -0.379 e. The number of aldehydes is 1. The number of anilines is 3. The van der Waals surface area contributed by atoms with Crippen molar-refractivity contribution >= 4 is 35.5 Å². The van der Waals surface area contributed by atoms with Crippen LogP contribution in [0.5, 0.6) is 0 Å². The van der Waals surface area contributed by atoms with E-state index >= 15 is 0 Å². The second-order valence-corrected chi connectivity index (χ2v) is 9.92. The number of nitriles is 1. The van der Waals surface area contributed by atoms with E-state index < -0.39 is 12.1 Å². The number of amides is 3. The van der Waals surface area contributed by atoms with Gasteiger partial charge in [0.05, 0.1) is 23.4 Å². The van der Waals surface area contributed by atoms with Gasteiger partial charge in [0.1, 0.15) is 29.5 Å². The summed E-state index contributed by atoms with van der Waals surface area (Å²) in [6.45, 7) is 1.22. The van der Waals surface area contributed by atoms with Crippen molar-refractivity contribution in [3.63, 3.8) is 0 Å². The fourth-order valence-electron chi connectivity index (χ4n) is 5.30. The molecule has 2 aliphatic heterocycles. The van der Waals surface area contributed by atoms with Crippen LogP contribution in [0.3, 0.4) is 0 Å². The lowest BCUT2D eigenvalue weighted by Crippen LogP contribution is -2.44. The zero-order valence-corrected chi connectivity index (χ0v) is 22.0. The van der Waals surface area contributed by atoms with Crippen LogP contribution in [0.15, 0.2) is 18.3 Å². The summed E-state index contributed by atoms with van der Waals surface area (Å²) < 4.78 is 10.7. The molecule has 12 nitrogen and oxygen atoms in total. The number of carbonyl (C=O) groups excluding carboxylic acids is 3. The summed E-state index contributed by atoms with van der Waals surface area (Å²) in [6, 6.07) is 5.28. The largest absolute Gasteiger partial charge is 0.379 e. The third kappa shape index (κ3) is 5.28. The maximum absolute atomic E-state index is 13.3. The fourth-order valence-corrected chi connectivity index (χ4v) is 5.30. The Morgan fingerprint density at radius 2 is 2.08 bits per heavy atom. The van der Waals surface area contributed by atoms with Crippen LogP contribution in [-0.4, -0.2) is 78.7 Å². The number of hydrogen-bond donors (Lipinski definition) is 2. The molecule has 204 valence electrons. The van der Waals surface area contributed by atoms with Gasteiger partial charge in [-0.15, -0.1) is 0 Å². The first-order valence-corrected chi connectivity index (χ1v) is 13.0. The summed E-state index contributed by atoms with van der Waals surface area (Å²) in [6.07, 6.45) is 5.56. The van der Waals surface area contributed by atoms with Crippen LogP contribution < -0.4 is 15.5 Å². The summed E-state index contributed by atoms with van der Waals surface area (Å²) in [5, 5.41) is 15.6. The Morgan fingerprint density at radius 1 is 1.23 bits per heavy atom. The number of fused-ring (bicyclic) bond motifs is 1. The molecule has 2 aromatic heterocycles. The van der Waals surface area contributed by atoms with Gasteiger partial charge in [0.25, 0.3) is 5.91 Å². The molecule has 1 aliphatic carbocycles. The van der Waals surface area contributed by atoms with Gasteiger partial charge in [0.15, 0.2) is 6.29 Å². The Kier molecular flexibility index (Phi) is 7.72. The Hall–Kier alpha value is -4.08. The molecule has 3 aliphatic rings.